The Kier molecular flexibility index (Phi) is 7.15. The van der Waals surface area contributed by atoms with Crippen molar-refractivity contribution in [2.45, 2.75) is 35.7 Å². The molecule has 1 aliphatic heterocycles. The molecule has 2 atom stereocenters. The summed E-state index contributed by atoms with van der Waals surface area (Å²) >= 11 is 0. The zero-order chi connectivity index (χ0) is 26.2. The van der Waals surface area contributed by atoms with Crippen LogP contribution in [0.5, 0.6) is 0 Å². The molecule has 5 rings (SSSR count). The van der Waals surface area contributed by atoms with Crippen molar-refractivity contribution in [3.8, 4) is 0 Å². The van der Waals surface area contributed by atoms with E-state index in [-0.39, 0.29) is 9.56 Å². The van der Waals surface area contributed by atoms with Crippen molar-refractivity contribution in [3.05, 3.63) is 144 Å². The summed E-state index contributed by atoms with van der Waals surface area (Å²) in [5.74, 6) is 0. The molecule has 0 aromatic heterocycles. The van der Waals surface area contributed by atoms with Crippen LogP contribution in [-0.2, 0) is 9.56 Å². The van der Waals surface area contributed by atoms with Crippen molar-refractivity contribution in [3.63, 3.8) is 0 Å². The van der Waals surface area contributed by atoms with Crippen LogP contribution in [0.1, 0.15) is 22.3 Å². The lowest BCUT2D eigenvalue weighted by molar-refractivity contribution is 0.961. The zero-order valence-corrected chi connectivity index (χ0v) is 26.2. The SMILES string of the molecule is C[Si]1(C)N=C(N[Si](C)(C)C(P)(c2ccccc2)c2ccccc2)PC1(c1ccccc1)c1ccccc1. The number of amidine groups is 1. The van der Waals surface area contributed by atoms with Crippen LogP contribution in [0, 0.1) is 0 Å². The van der Waals surface area contributed by atoms with Crippen molar-refractivity contribution >= 4 is 39.9 Å². The number of rotatable bonds is 6. The fourth-order valence-corrected chi connectivity index (χ4v) is 16.7. The summed E-state index contributed by atoms with van der Waals surface area (Å²) in [7, 11) is -0.509. The average molecular weight is 555 g/mol. The standard InChI is InChI=1S/C31H36N2P2Si2/c1-36(2,30(34,25-17-9-5-10-18-25)26-19-11-6-12-20-26)32-29-33-37(3,4)31(35-29,27-21-13-7-14-22-27)28-23-15-8-16-24-28/h5-24,35H,34H2,1-4H3,(H,32,33). The highest BCUT2D eigenvalue weighted by Gasteiger charge is 2.56. The predicted molar refractivity (Wildman–Crippen MR) is 171 cm³/mol. The molecule has 0 fully saturated rings. The highest BCUT2D eigenvalue weighted by molar-refractivity contribution is 7.65. The summed E-state index contributed by atoms with van der Waals surface area (Å²) in [6.07, 6.45) is 0. The van der Waals surface area contributed by atoms with Crippen LogP contribution in [0.25, 0.3) is 0 Å². The fourth-order valence-electron chi connectivity index (χ4n) is 5.86. The van der Waals surface area contributed by atoms with E-state index < -0.39 is 16.5 Å². The van der Waals surface area contributed by atoms with Crippen LogP contribution in [-0.4, -0.2) is 22.0 Å². The molecule has 4 aromatic carbocycles. The minimum atomic E-state index is -2.22. The van der Waals surface area contributed by atoms with Gasteiger partial charge >= 0.3 is 0 Å². The van der Waals surface area contributed by atoms with Gasteiger partial charge in [0.25, 0.3) is 0 Å². The molecule has 2 nitrogen and oxygen atoms in total. The minimum absolute atomic E-state index is 0.0780. The van der Waals surface area contributed by atoms with Gasteiger partial charge in [-0.05, 0) is 43.9 Å². The van der Waals surface area contributed by atoms with Crippen molar-refractivity contribution in [2.75, 3.05) is 0 Å². The van der Waals surface area contributed by atoms with Crippen LogP contribution in [0.2, 0.25) is 26.2 Å². The van der Waals surface area contributed by atoms with E-state index in [1.165, 1.54) is 27.8 Å². The molecule has 1 N–H and O–H groups in total. The smallest absolute Gasteiger partial charge is 0.197 e. The molecule has 188 valence electrons. The highest BCUT2D eigenvalue weighted by atomic mass is 31.1. The summed E-state index contributed by atoms with van der Waals surface area (Å²) in [5, 5.41) is 0. The minimum Gasteiger partial charge on any atom is -0.395 e. The van der Waals surface area contributed by atoms with Crippen molar-refractivity contribution < 1.29 is 0 Å². The lowest BCUT2D eigenvalue weighted by Gasteiger charge is -2.44. The van der Waals surface area contributed by atoms with E-state index >= 15 is 0 Å². The molecule has 0 saturated heterocycles. The Balaban J connectivity index is 1.59. The Labute approximate surface area is 228 Å². The number of hydrogen-bond acceptors (Lipinski definition) is 2. The second-order valence-electron chi connectivity index (χ2n) is 10.9. The maximum absolute atomic E-state index is 5.60. The Hall–Kier alpha value is -2.36. The van der Waals surface area contributed by atoms with Gasteiger partial charge in [0.15, 0.2) is 16.5 Å². The van der Waals surface area contributed by atoms with Gasteiger partial charge in [-0.1, -0.05) is 134 Å². The first-order valence-electron chi connectivity index (χ1n) is 12.9. The fraction of sp³-hybridized carbons (Fsp3) is 0.194. The Morgan fingerprint density at radius 1 is 0.703 bits per heavy atom. The van der Waals surface area contributed by atoms with Gasteiger partial charge in [0.1, 0.15) is 5.58 Å². The summed E-state index contributed by atoms with van der Waals surface area (Å²) in [5.41, 5.74) is 6.62. The van der Waals surface area contributed by atoms with E-state index in [1.807, 2.05) is 0 Å². The Bertz CT molecular complexity index is 1300. The van der Waals surface area contributed by atoms with Gasteiger partial charge in [-0.2, -0.15) is 0 Å². The molecule has 2 unspecified atom stereocenters. The molecule has 0 spiro atoms. The topological polar surface area (TPSA) is 24.4 Å². The van der Waals surface area contributed by atoms with Crippen molar-refractivity contribution in [2.24, 2.45) is 4.66 Å². The lowest BCUT2D eigenvalue weighted by Crippen LogP contribution is -2.60. The molecule has 6 heteroatoms. The number of nitrogens with one attached hydrogen (secondary N) is 1. The van der Waals surface area contributed by atoms with Gasteiger partial charge in [-0.25, -0.2) is 0 Å². The summed E-state index contributed by atoms with van der Waals surface area (Å²) in [6.45, 7) is 9.77. The highest BCUT2D eigenvalue weighted by Crippen LogP contribution is 2.58. The van der Waals surface area contributed by atoms with Crippen LogP contribution in [0.4, 0.5) is 0 Å². The van der Waals surface area contributed by atoms with Crippen LogP contribution < -0.4 is 4.98 Å². The van der Waals surface area contributed by atoms with Crippen LogP contribution >= 0.6 is 17.8 Å². The van der Waals surface area contributed by atoms with E-state index in [1.54, 1.807) is 0 Å². The van der Waals surface area contributed by atoms with E-state index in [9.17, 15) is 0 Å². The van der Waals surface area contributed by atoms with Gasteiger partial charge < -0.3 is 9.64 Å². The van der Waals surface area contributed by atoms with Crippen molar-refractivity contribution in [1.82, 2.24) is 4.98 Å². The second kappa shape index (κ2) is 10.1. The molecule has 4 aromatic rings. The third kappa shape index (κ3) is 4.49. The first-order valence-corrected chi connectivity index (χ1v) is 20.4. The Morgan fingerprint density at radius 2 is 1.08 bits per heavy atom. The molecular weight excluding hydrogens is 518 g/mol. The van der Waals surface area contributed by atoms with Crippen molar-refractivity contribution in [1.29, 1.82) is 0 Å². The van der Waals surface area contributed by atoms with E-state index in [0.29, 0.717) is 8.58 Å². The summed E-state index contributed by atoms with van der Waals surface area (Å²) in [6, 6.07) is 44.1. The third-order valence-electron chi connectivity index (χ3n) is 7.90. The lowest BCUT2D eigenvalue weighted by atomic mass is 10.0. The number of benzene rings is 4. The molecule has 0 aliphatic carbocycles. The quantitative estimate of drug-likeness (QED) is 0.190. The van der Waals surface area contributed by atoms with Gasteiger partial charge in [0.2, 0.25) is 0 Å². The molecular formula is C31H36N2P2Si2. The van der Waals surface area contributed by atoms with Gasteiger partial charge in [-0.15, -0.1) is 9.24 Å². The first kappa shape index (κ1) is 26.3. The van der Waals surface area contributed by atoms with Gasteiger partial charge in [-0.3, -0.25) is 0 Å². The molecule has 0 amide bonds. The first-order chi connectivity index (χ1) is 17.7. The zero-order valence-electron chi connectivity index (χ0n) is 22.1. The number of hydrogen-bond donors (Lipinski definition) is 1. The summed E-state index contributed by atoms with van der Waals surface area (Å²) in [4.78, 5) is 4.16. The Morgan fingerprint density at radius 3 is 1.49 bits per heavy atom. The predicted octanol–water partition coefficient (Wildman–Crippen LogP) is 7.88. The third-order valence-corrected chi connectivity index (χ3v) is 21.5. The molecule has 0 radical (unpaired) electrons. The van der Waals surface area contributed by atoms with E-state index in [0.717, 1.165) is 0 Å². The maximum atomic E-state index is 5.60. The largest absolute Gasteiger partial charge is 0.395 e. The number of nitrogens with zero attached hydrogens (tertiary/aromatic N) is 1. The van der Waals surface area contributed by atoms with Gasteiger partial charge in [0, 0.05) is 4.78 Å². The molecule has 0 bridgehead atoms. The molecule has 1 aliphatic rings. The van der Waals surface area contributed by atoms with Gasteiger partial charge in [0.05, 0.1) is 4.78 Å². The van der Waals surface area contributed by atoms with Crippen LogP contribution in [0.3, 0.4) is 0 Å². The van der Waals surface area contributed by atoms with Crippen LogP contribution in [0.15, 0.2) is 126 Å². The summed E-state index contributed by atoms with van der Waals surface area (Å²) < 4.78 is 5.31. The molecule has 1 heterocycles. The maximum Gasteiger partial charge on any atom is 0.197 e. The average Bonchev–Trinajstić information content (AvgIpc) is 3.19. The molecule has 0 saturated carbocycles. The van der Waals surface area contributed by atoms with E-state index in [2.05, 4.69) is 162 Å². The normalized spacial score (nSPS) is 17.4. The molecule has 37 heavy (non-hydrogen) atoms. The van der Waals surface area contributed by atoms with E-state index in [4.69, 9.17) is 4.66 Å². The monoisotopic (exact) mass is 554 g/mol. The second-order valence-corrected chi connectivity index (χ2v) is 22.7.